The largest absolute Gasteiger partial charge is 0.348 e. The van der Waals surface area contributed by atoms with Crippen LogP contribution in [0.4, 0.5) is 0 Å². The van der Waals surface area contributed by atoms with E-state index in [0.717, 1.165) is 4.47 Å². The van der Waals surface area contributed by atoms with Crippen LogP contribution in [0.15, 0.2) is 41.7 Å². The first-order valence-corrected chi connectivity index (χ1v) is 6.31. The zero-order valence-electron chi connectivity index (χ0n) is 9.88. The van der Waals surface area contributed by atoms with Gasteiger partial charge in [-0.3, -0.25) is 9.78 Å². The first-order valence-electron chi connectivity index (χ1n) is 5.52. The molecule has 1 atom stereocenters. The summed E-state index contributed by atoms with van der Waals surface area (Å²) in [6, 6.07) is 1.76. The van der Waals surface area contributed by atoms with Crippen molar-refractivity contribution in [3.63, 3.8) is 0 Å². The van der Waals surface area contributed by atoms with Gasteiger partial charge < -0.3 is 9.88 Å². The fraction of sp³-hybridized carbons (Fsp3) is 0.250. The van der Waals surface area contributed by atoms with E-state index in [2.05, 4.69) is 31.2 Å². The highest BCUT2D eigenvalue weighted by Crippen LogP contribution is 2.09. The molecule has 0 aliphatic carbocycles. The smallest absolute Gasteiger partial charge is 0.253 e. The first-order chi connectivity index (χ1) is 8.65. The van der Waals surface area contributed by atoms with E-state index in [-0.39, 0.29) is 11.9 Å². The quantitative estimate of drug-likeness (QED) is 0.938. The highest BCUT2D eigenvalue weighted by molar-refractivity contribution is 9.10. The van der Waals surface area contributed by atoms with Crippen LogP contribution in [0.5, 0.6) is 0 Å². The highest BCUT2D eigenvalue weighted by atomic mass is 79.9. The Hall–Kier alpha value is -1.69. The normalized spacial score (nSPS) is 12.1. The predicted molar refractivity (Wildman–Crippen MR) is 71.1 cm³/mol. The summed E-state index contributed by atoms with van der Waals surface area (Å²) in [5.74, 6) is -0.128. The van der Waals surface area contributed by atoms with E-state index in [4.69, 9.17) is 0 Å². The number of pyridine rings is 1. The number of nitrogens with zero attached hydrogens (tertiary/aromatic N) is 3. The monoisotopic (exact) mass is 308 g/mol. The molecule has 0 saturated heterocycles. The van der Waals surface area contributed by atoms with Gasteiger partial charge in [0.2, 0.25) is 0 Å². The lowest BCUT2D eigenvalue weighted by Crippen LogP contribution is -2.35. The van der Waals surface area contributed by atoms with Gasteiger partial charge in [-0.15, -0.1) is 0 Å². The van der Waals surface area contributed by atoms with Crippen molar-refractivity contribution in [3.05, 3.63) is 47.2 Å². The summed E-state index contributed by atoms with van der Waals surface area (Å²) in [6.07, 6.45) is 8.50. The number of rotatable bonds is 4. The lowest BCUT2D eigenvalue weighted by molar-refractivity contribution is 0.0936. The number of carbonyl (C=O) groups excluding carboxylic acids is 1. The minimum Gasteiger partial charge on any atom is -0.348 e. The van der Waals surface area contributed by atoms with Gasteiger partial charge in [0.15, 0.2) is 0 Å². The summed E-state index contributed by atoms with van der Waals surface area (Å²) in [4.78, 5) is 19.9. The number of hydrogen-bond acceptors (Lipinski definition) is 3. The second-order valence-electron chi connectivity index (χ2n) is 4.03. The summed E-state index contributed by atoms with van der Waals surface area (Å²) < 4.78 is 2.71. The fourth-order valence-corrected chi connectivity index (χ4v) is 1.96. The molecule has 18 heavy (non-hydrogen) atoms. The zero-order valence-corrected chi connectivity index (χ0v) is 11.5. The lowest BCUT2D eigenvalue weighted by Gasteiger charge is -2.14. The molecule has 1 amide bonds. The van der Waals surface area contributed by atoms with Crippen molar-refractivity contribution in [3.8, 4) is 0 Å². The van der Waals surface area contributed by atoms with Gasteiger partial charge in [-0.05, 0) is 28.9 Å². The van der Waals surface area contributed by atoms with E-state index in [1.54, 1.807) is 31.0 Å². The topological polar surface area (TPSA) is 59.8 Å². The third-order valence-electron chi connectivity index (χ3n) is 2.39. The molecule has 0 spiro atoms. The Morgan fingerprint density at radius 1 is 1.50 bits per heavy atom. The average molecular weight is 309 g/mol. The van der Waals surface area contributed by atoms with Crippen molar-refractivity contribution >= 4 is 21.8 Å². The summed E-state index contributed by atoms with van der Waals surface area (Å²) >= 11 is 3.29. The number of hydrogen-bond donors (Lipinski definition) is 1. The molecule has 5 nitrogen and oxygen atoms in total. The average Bonchev–Trinajstić information content (AvgIpc) is 2.81. The summed E-state index contributed by atoms with van der Waals surface area (Å²) in [6.45, 7) is 2.64. The molecule has 1 N–H and O–H groups in total. The molecule has 2 aromatic rings. The molecule has 0 saturated carbocycles. The van der Waals surface area contributed by atoms with Gasteiger partial charge in [-0.1, -0.05) is 0 Å². The molecular weight excluding hydrogens is 296 g/mol. The van der Waals surface area contributed by atoms with Crippen LogP contribution >= 0.6 is 15.9 Å². The van der Waals surface area contributed by atoms with Gasteiger partial charge in [0.25, 0.3) is 5.91 Å². The van der Waals surface area contributed by atoms with E-state index in [0.29, 0.717) is 12.1 Å². The molecule has 0 radical (unpaired) electrons. The number of halogens is 1. The van der Waals surface area contributed by atoms with Crippen molar-refractivity contribution in [2.45, 2.75) is 19.5 Å². The number of imidazole rings is 1. The van der Waals surface area contributed by atoms with Gasteiger partial charge in [-0.25, -0.2) is 4.98 Å². The molecule has 1 unspecified atom stereocenters. The number of carbonyl (C=O) groups is 1. The van der Waals surface area contributed by atoms with E-state index in [1.807, 2.05) is 17.7 Å². The Morgan fingerprint density at radius 2 is 2.33 bits per heavy atom. The van der Waals surface area contributed by atoms with Crippen LogP contribution in [0, 0.1) is 0 Å². The molecule has 0 aromatic carbocycles. The minimum absolute atomic E-state index is 0.0191. The number of nitrogens with one attached hydrogen (secondary N) is 1. The van der Waals surface area contributed by atoms with Crippen LogP contribution in [0.1, 0.15) is 17.3 Å². The van der Waals surface area contributed by atoms with Crippen LogP contribution < -0.4 is 5.32 Å². The zero-order chi connectivity index (χ0) is 13.0. The van der Waals surface area contributed by atoms with Crippen LogP contribution in [-0.4, -0.2) is 26.5 Å². The van der Waals surface area contributed by atoms with Crippen molar-refractivity contribution in [1.29, 1.82) is 0 Å². The molecule has 2 rings (SSSR count). The van der Waals surface area contributed by atoms with Crippen LogP contribution in [0.3, 0.4) is 0 Å². The molecule has 0 aliphatic rings. The second-order valence-corrected chi connectivity index (χ2v) is 4.94. The van der Waals surface area contributed by atoms with Crippen molar-refractivity contribution < 1.29 is 4.79 Å². The van der Waals surface area contributed by atoms with Crippen LogP contribution in [-0.2, 0) is 6.54 Å². The van der Waals surface area contributed by atoms with Crippen LogP contribution in [0.25, 0.3) is 0 Å². The van der Waals surface area contributed by atoms with Crippen molar-refractivity contribution in [2.24, 2.45) is 0 Å². The molecule has 6 heteroatoms. The lowest BCUT2D eigenvalue weighted by atomic mass is 10.2. The number of amides is 1. The SMILES string of the molecule is CC(Cn1ccnc1)NC(=O)c1cncc(Br)c1. The second kappa shape index (κ2) is 5.77. The molecule has 94 valence electrons. The highest BCUT2D eigenvalue weighted by Gasteiger charge is 2.10. The Bertz CT molecular complexity index is 527. The maximum absolute atomic E-state index is 11.9. The summed E-state index contributed by atoms with van der Waals surface area (Å²) in [5.41, 5.74) is 0.543. The molecular formula is C12H13BrN4O. The first kappa shape index (κ1) is 12.8. The van der Waals surface area contributed by atoms with Gasteiger partial charge >= 0.3 is 0 Å². The summed E-state index contributed by atoms with van der Waals surface area (Å²) in [5, 5.41) is 2.91. The van der Waals surface area contributed by atoms with Crippen LogP contribution in [0.2, 0.25) is 0 Å². The maximum atomic E-state index is 11.9. The maximum Gasteiger partial charge on any atom is 0.253 e. The molecule has 0 aliphatic heterocycles. The van der Waals surface area contributed by atoms with E-state index in [1.165, 1.54) is 0 Å². The van der Waals surface area contributed by atoms with Gasteiger partial charge in [-0.2, -0.15) is 0 Å². The minimum atomic E-state index is -0.128. The standard InChI is InChI=1S/C12H13BrN4O/c1-9(7-17-3-2-14-8-17)16-12(18)10-4-11(13)6-15-5-10/h2-6,8-9H,7H2,1H3,(H,16,18). The van der Waals surface area contributed by atoms with E-state index < -0.39 is 0 Å². The van der Waals surface area contributed by atoms with Crippen molar-refractivity contribution in [1.82, 2.24) is 19.9 Å². The Balaban J connectivity index is 1.95. The van der Waals surface area contributed by atoms with Gasteiger partial charge in [0, 0.05) is 41.8 Å². The van der Waals surface area contributed by atoms with E-state index in [9.17, 15) is 4.79 Å². The molecule has 0 fully saturated rings. The number of aromatic nitrogens is 3. The predicted octanol–water partition coefficient (Wildman–Crippen LogP) is 1.86. The van der Waals surface area contributed by atoms with Gasteiger partial charge in [0.1, 0.15) is 0 Å². The Labute approximate surface area is 113 Å². The Morgan fingerprint density at radius 3 is 3.00 bits per heavy atom. The van der Waals surface area contributed by atoms with Gasteiger partial charge in [0.05, 0.1) is 11.9 Å². The van der Waals surface area contributed by atoms with E-state index >= 15 is 0 Å². The third-order valence-corrected chi connectivity index (χ3v) is 2.82. The fourth-order valence-electron chi connectivity index (χ4n) is 1.60. The third kappa shape index (κ3) is 3.40. The molecule has 0 bridgehead atoms. The van der Waals surface area contributed by atoms with Crippen molar-refractivity contribution in [2.75, 3.05) is 0 Å². The molecule has 2 aromatic heterocycles. The Kier molecular flexibility index (Phi) is 4.09. The molecule has 2 heterocycles. The summed E-state index contributed by atoms with van der Waals surface area (Å²) in [7, 11) is 0.